The van der Waals surface area contributed by atoms with Crippen LogP contribution in [0.5, 0.6) is 0 Å². The molecule has 1 aromatic carbocycles. The molecule has 0 spiro atoms. The van der Waals surface area contributed by atoms with Gasteiger partial charge in [-0.25, -0.2) is 4.98 Å². The summed E-state index contributed by atoms with van der Waals surface area (Å²) >= 11 is 3.48. The van der Waals surface area contributed by atoms with Gasteiger partial charge < -0.3 is 9.47 Å². The SMILES string of the molecule is Cc1cc(CBr)ccc1N(C)Cc1nccn1C. The Kier molecular flexibility index (Phi) is 4.07. The Balaban J connectivity index is 2.19. The fraction of sp³-hybridized carbons (Fsp3) is 0.357. The maximum absolute atomic E-state index is 4.36. The van der Waals surface area contributed by atoms with Crippen LogP contribution in [0.15, 0.2) is 30.6 Å². The third-order valence-electron chi connectivity index (χ3n) is 3.13. The van der Waals surface area contributed by atoms with E-state index in [9.17, 15) is 0 Å². The van der Waals surface area contributed by atoms with E-state index in [1.807, 2.05) is 19.4 Å². The summed E-state index contributed by atoms with van der Waals surface area (Å²) in [6.07, 6.45) is 3.81. The van der Waals surface area contributed by atoms with E-state index in [-0.39, 0.29) is 0 Å². The number of nitrogens with zero attached hydrogens (tertiary/aromatic N) is 3. The van der Waals surface area contributed by atoms with Gasteiger partial charge >= 0.3 is 0 Å². The largest absolute Gasteiger partial charge is 0.367 e. The summed E-state index contributed by atoms with van der Waals surface area (Å²) in [5, 5.41) is 0.900. The average Bonchev–Trinajstić information content (AvgIpc) is 2.74. The lowest BCUT2D eigenvalue weighted by Crippen LogP contribution is -2.19. The summed E-state index contributed by atoms with van der Waals surface area (Å²) in [6.45, 7) is 2.97. The lowest BCUT2D eigenvalue weighted by Gasteiger charge is -2.21. The van der Waals surface area contributed by atoms with Gasteiger partial charge in [-0.1, -0.05) is 28.1 Å². The first kappa shape index (κ1) is 13.1. The fourth-order valence-electron chi connectivity index (χ4n) is 2.08. The molecule has 2 aromatic rings. The number of rotatable bonds is 4. The first-order valence-corrected chi connectivity index (χ1v) is 7.07. The molecule has 0 amide bonds. The molecule has 0 radical (unpaired) electrons. The van der Waals surface area contributed by atoms with E-state index in [1.54, 1.807) is 0 Å². The maximum Gasteiger partial charge on any atom is 0.127 e. The second-order valence-corrected chi connectivity index (χ2v) is 5.13. The number of hydrogen-bond acceptors (Lipinski definition) is 2. The number of anilines is 1. The fourth-order valence-corrected chi connectivity index (χ4v) is 2.42. The van der Waals surface area contributed by atoms with Crippen molar-refractivity contribution in [1.82, 2.24) is 9.55 Å². The Morgan fingerprint density at radius 1 is 1.39 bits per heavy atom. The predicted octanol–water partition coefficient (Wildman–Crippen LogP) is 3.26. The summed E-state index contributed by atoms with van der Waals surface area (Å²) in [5.41, 5.74) is 3.85. The van der Waals surface area contributed by atoms with Crippen molar-refractivity contribution in [2.24, 2.45) is 7.05 Å². The molecule has 0 bridgehead atoms. The summed E-state index contributed by atoms with van der Waals surface area (Å²) in [7, 11) is 4.13. The molecular formula is C14H18BrN3. The first-order valence-electron chi connectivity index (χ1n) is 5.94. The minimum absolute atomic E-state index is 0.817. The molecule has 0 aliphatic heterocycles. The Labute approximate surface area is 117 Å². The van der Waals surface area contributed by atoms with Gasteiger partial charge in [-0.05, 0) is 24.1 Å². The van der Waals surface area contributed by atoms with Crippen LogP contribution < -0.4 is 4.90 Å². The van der Waals surface area contributed by atoms with Gasteiger partial charge in [0.15, 0.2) is 0 Å². The van der Waals surface area contributed by atoms with Crippen LogP contribution in [0.4, 0.5) is 5.69 Å². The summed E-state index contributed by atoms with van der Waals surface area (Å²) in [4.78, 5) is 6.59. The van der Waals surface area contributed by atoms with Crippen LogP contribution in [0.1, 0.15) is 17.0 Å². The molecule has 0 saturated heterocycles. The van der Waals surface area contributed by atoms with Crippen molar-refractivity contribution < 1.29 is 0 Å². The lowest BCUT2D eigenvalue weighted by molar-refractivity contribution is 0.760. The summed E-state index contributed by atoms with van der Waals surface area (Å²) in [6, 6.07) is 6.56. The minimum atomic E-state index is 0.817. The molecule has 0 fully saturated rings. The smallest absolute Gasteiger partial charge is 0.127 e. The third-order valence-corrected chi connectivity index (χ3v) is 3.77. The number of aromatic nitrogens is 2. The zero-order chi connectivity index (χ0) is 13.1. The molecule has 1 heterocycles. The molecule has 0 saturated carbocycles. The van der Waals surface area contributed by atoms with Crippen molar-refractivity contribution >= 4 is 21.6 Å². The molecule has 1 aromatic heterocycles. The predicted molar refractivity (Wildman–Crippen MR) is 79.1 cm³/mol. The van der Waals surface area contributed by atoms with Crippen LogP contribution in [0.2, 0.25) is 0 Å². The highest BCUT2D eigenvalue weighted by Gasteiger charge is 2.08. The van der Waals surface area contributed by atoms with Gasteiger partial charge in [-0.2, -0.15) is 0 Å². The van der Waals surface area contributed by atoms with E-state index in [2.05, 4.69) is 62.6 Å². The summed E-state index contributed by atoms with van der Waals surface area (Å²) < 4.78 is 2.05. The second-order valence-electron chi connectivity index (χ2n) is 4.56. The van der Waals surface area contributed by atoms with Crippen LogP contribution in [0.3, 0.4) is 0 Å². The van der Waals surface area contributed by atoms with E-state index in [4.69, 9.17) is 0 Å². The highest BCUT2D eigenvalue weighted by molar-refractivity contribution is 9.08. The molecule has 0 N–H and O–H groups in total. The van der Waals surface area contributed by atoms with E-state index >= 15 is 0 Å². The van der Waals surface area contributed by atoms with Crippen molar-refractivity contribution in [3.63, 3.8) is 0 Å². The van der Waals surface area contributed by atoms with E-state index < -0.39 is 0 Å². The zero-order valence-electron chi connectivity index (χ0n) is 11.0. The Bertz CT molecular complexity index is 534. The van der Waals surface area contributed by atoms with Crippen molar-refractivity contribution in [3.05, 3.63) is 47.5 Å². The van der Waals surface area contributed by atoms with Gasteiger partial charge in [0.25, 0.3) is 0 Å². The first-order chi connectivity index (χ1) is 8.61. The van der Waals surface area contributed by atoms with E-state index in [0.717, 1.165) is 17.7 Å². The highest BCUT2D eigenvalue weighted by atomic mass is 79.9. The zero-order valence-corrected chi connectivity index (χ0v) is 12.6. The number of hydrogen-bond donors (Lipinski definition) is 0. The molecule has 0 aliphatic carbocycles. The molecule has 18 heavy (non-hydrogen) atoms. The van der Waals surface area contributed by atoms with Gasteiger partial charge in [0, 0.05) is 37.5 Å². The number of alkyl halides is 1. The molecule has 0 atom stereocenters. The highest BCUT2D eigenvalue weighted by Crippen LogP contribution is 2.22. The molecule has 4 heteroatoms. The molecule has 2 rings (SSSR count). The Morgan fingerprint density at radius 2 is 2.17 bits per heavy atom. The van der Waals surface area contributed by atoms with Crippen LogP contribution in [-0.4, -0.2) is 16.6 Å². The summed E-state index contributed by atoms with van der Waals surface area (Å²) in [5.74, 6) is 1.07. The molecule has 0 unspecified atom stereocenters. The standard InChI is InChI=1S/C14H18BrN3/c1-11-8-12(9-15)4-5-13(11)18(3)10-14-16-6-7-17(14)2/h4-8H,9-10H2,1-3H3. The van der Waals surface area contributed by atoms with Crippen LogP contribution in [0.25, 0.3) is 0 Å². The van der Waals surface area contributed by atoms with Gasteiger partial charge in [0.1, 0.15) is 5.82 Å². The van der Waals surface area contributed by atoms with Gasteiger partial charge in [0.2, 0.25) is 0 Å². The Morgan fingerprint density at radius 3 is 2.72 bits per heavy atom. The molecule has 3 nitrogen and oxygen atoms in total. The van der Waals surface area contributed by atoms with E-state index in [0.29, 0.717) is 0 Å². The average molecular weight is 308 g/mol. The minimum Gasteiger partial charge on any atom is -0.367 e. The number of imidazole rings is 1. The normalized spacial score (nSPS) is 10.7. The third kappa shape index (κ3) is 2.75. The molecule has 96 valence electrons. The molecule has 0 aliphatic rings. The van der Waals surface area contributed by atoms with Crippen LogP contribution in [-0.2, 0) is 18.9 Å². The maximum atomic E-state index is 4.36. The number of halogens is 1. The number of aryl methyl sites for hydroxylation is 2. The monoisotopic (exact) mass is 307 g/mol. The van der Waals surface area contributed by atoms with Crippen molar-refractivity contribution in [2.75, 3.05) is 11.9 Å². The van der Waals surface area contributed by atoms with Gasteiger partial charge in [-0.3, -0.25) is 0 Å². The van der Waals surface area contributed by atoms with E-state index in [1.165, 1.54) is 16.8 Å². The van der Waals surface area contributed by atoms with Crippen LogP contribution >= 0.6 is 15.9 Å². The van der Waals surface area contributed by atoms with Crippen molar-refractivity contribution in [1.29, 1.82) is 0 Å². The lowest BCUT2D eigenvalue weighted by atomic mass is 10.1. The second kappa shape index (κ2) is 5.57. The van der Waals surface area contributed by atoms with Crippen molar-refractivity contribution in [3.8, 4) is 0 Å². The quantitative estimate of drug-likeness (QED) is 0.808. The van der Waals surface area contributed by atoms with Gasteiger partial charge in [-0.15, -0.1) is 0 Å². The molecular weight excluding hydrogens is 290 g/mol. The van der Waals surface area contributed by atoms with Crippen molar-refractivity contribution in [2.45, 2.75) is 18.8 Å². The van der Waals surface area contributed by atoms with Crippen LogP contribution in [0, 0.1) is 6.92 Å². The number of benzene rings is 1. The Hall–Kier alpha value is -1.29. The topological polar surface area (TPSA) is 21.1 Å². The van der Waals surface area contributed by atoms with Gasteiger partial charge in [0.05, 0.1) is 6.54 Å².